The van der Waals surface area contributed by atoms with Crippen molar-refractivity contribution < 1.29 is 19.4 Å². The second-order valence-electron chi connectivity index (χ2n) is 4.94. The molecule has 0 aliphatic carbocycles. The SMILES string of the molecule is CCOc1cc(/C=N\NC(=O)C[C@H]2C(=O)NN=C2C)ccc1O. The van der Waals surface area contributed by atoms with Crippen LogP contribution in [-0.2, 0) is 9.59 Å². The second kappa shape index (κ2) is 7.39. The highest BCUT2D eigenvalue weighted by Crippen LogP contribution is 2.26. The van der Waals surface area contributed by atoms with Gasteiger partial charge in [-0.1, -0.05) is 0 Å². The molecule has 0 fully saturated rings. The summed E-state index contributed by atoms with van der Waals surface area (Å²) in [5.41, 5.74) is 5.91. The topological polar surface area (TPSA) is 112 Å². The van der Waals surface area contributed by atoms with Gasteiger partial charge in [0.2, 0.25) is 11.8 Å². The van der Waals surface area contributed by atoms with Gasteiger partial charge in [0.15, 0.2) is 11.5 Å². The molecule has 1 aromatic carbocycles. The van der Waals surface area contributed by atoms with Crippen molar-refractivity contribution in [3.8, 4) is 11.5 Å². The summed E-state index contributed by atoms with van der Waals surface area (Å²) in [5, 5.41) is 17.2. The van der Waals surface area contributed by atoms with Gasteiger partial charge in [-0.2, -0.15) is 10.2 Å². The number of hydrazone groups is 2. The van der Waals surface area contributed by atoms with E-state index in [2.05, 4.69) is 21.1 Å². The van der Waals surface area contributed by atoms with Gasteiger partial charge in [0.05, 0.1) is 18.7 Å². The summed E-state index contributed by atoms with van der Waals surface area (Å²) in [5.74, 6) is -0.848. The molecule has 1 heterocycles. The maximum atomic E-state index is 11.8. The number of phenols is 1. The van der Waals surface area contributed by atoms with E-state index in [1.807, 2.05) is 6.92 Å². The number of nitrogens with zero attached hydrogens (tertiary/aromatic N) is 2. The summed E-state index contributed by atoms with van der Waals surface area (Å²) in [7, 11) is 0. The Morgan fingerprint density at radius 3 is 3.00 bits per heavy atom. The molecule has 1 atom stereocenters. The molecule has 0 unspecified atom stereocenters. The number of benzene rings is 1. The van der Waals surface area contributed by atoms with Crippen molar-refractivity contribution >= 4 is 23.7 Å². The predicted molar refractivity (Wildman–Crippen MR) is 84.4 cm³/mol. The lowest BCUT2D eigenvalue weighted by molar-refractivity contribution is -0.127. The average Bonchev–Trinajstić information content (AvgIpc) is 2.82. The van der Waals surface area contributed by atoms with Crippen LogP contribution in [-0.4, -0.2) is 35.5 Å². The van der Waals surface area contributed by atoms with E-state index in [4.69, 9.17) is 4.74 Å². The van der Waals surface area contributed by atoms with E-state index in [-0.39, 0.29) is 24.0 Å². The van der Waals surface area contributed by atoms with Gasteiger partial charge in [0.1, 0.15) is 0 Å². The number of hydrogen-bond donors (Lipinski definition) is 3. The van der Waals surface area contributed by atoms with Crippen LogP contribution < -0.4 is 15.6 Å². The first-order valence-corrected chi connectivity index (χ1v) is 7.13. The molecular weight excluding hydrogens is 300 g/mol. The van der Waals surface area contributed by atoms with Gasteiger partial charge in [-0.3, -0.25) is 9.59 Å². The van der Waals surface area contributed by atoms with Crippen molar-refractivity contribution in [1.82, 2.24) is 10.9 Å². The van der Waals surface area contributed by atoms with Gasteiger partial charge in [0.25, 0.3) is 0 Å². The van der Waals surface area contributed by atoms with Gasteiger partial charge < -0.3 is 9.84 Å². The largest absolute Gasteiger partial charge is 0.504 e. The van der Waals surface area contributed by atoms with Crippen molar-refractivity contribution in [1.29, 1.82) is 0 Å². The third-order valence-corrected chi connectivity index (χ3v) is 3.24. The van der Waals surface area contributed by atoms with E-state index in [0.29, 0.717) is 23.6 Å². The van der Waals surface area contributed by atoms with Crippen molar-refractivity contribution in [3.63, 3.8) is 0 Å². The van der Waals surface area contributed by atoms with Crippen molar-refractivity contribution in [2.75, 3.05) is 6.61 Å². The zero-order valence-electron chi connectivity index (χ0n) is 12.9. The summed E-state index contributed by atoms with van der Waals surface area (Å²) < 4.78 is 5.26. The summed E-state index contributed by atoms with van der Waals surface area (Å²) in [6.07, 6.45) is 1.41. The standard InChI is InChI=1S/C15H18N4O4/c1-3-23-13-6-10(4-5-12(13)20)8-16-18-14(21)7-11-9(2)17-19-15(11)22/h4-6,8,11,20H,3,7H2,1-2H3,(H,18,21)(H,19,22)/b16-8-/t11-/m1/s1. The van der Waals surface area contributed by atoms with Crippen LogP contribution in [0.15, 0.2) is 28.4 Å². The predicted octanol–water partition coefficient (Wildman–Crippen LogP) is 0.753. The lowest BCUT2D eigenvalue weighted by Crippen LogP contribution is -2.29. The van der Waals surface area contributed by atoms with E-state index in [9.17, 15) is 14.7 Å². The van der Waals surface area contributed by atoms with Crippen LogP contribution in [0, 0.1) is 5.92 Å². The molecule has 0 radical (unpaired) electrons. The number of aromatic hydroxyl groups is 1. The lowest BCUT2D eigenvalue weighted by Gasteiger charge is -2.07. The zero-order valence-corrected chi connectivity index (χ0v) is 12.9. The van der Waals surface area contributed by atoms with E-state index in [1.54, 1.807) is 19.1 Å². The molecule has 8 nitrogen and oxygen atoms in total. The summed E-state index contributed by atoms with van der Waals surface area (Å²) >= 11 is 0. The van der Waals surface area contributed by atoms with E-state index in [1.165, 1.54) is 12.3 Å². The highest BCUT2D eigenvalue weighted by atomic mass is 16.5. The number of nitrogens with one attached hydrogen (secondary N) is 2. The molecule has 122 valence electrons. The lowest BCUT2D eigenvalue weighted by atomic mass is 10.0. The van der Waals surface area contributed by atoms with Gasteiger partial charge in [-0.05, 0) is 37.6 Å². The highest BCUT2D eigenvalue weighted by molar-refractivity contribution is 6.09. The number of carbonyl (C=O) groups excluding carboxylic acids is 2. The number of rotatable bonds is 6. The molecule has 2 rings (SSSR count). The minimum absolute atomic E-state index is 0.0156. The molecule has 0 aromatic heterocycles. The first-order chi connectivity index (χ1) is 11.0. The normalized spacial score (nSPS) is 17.0. The Hall–Kier alpha value is -2.90. The van der Waals surface area contributed by atoms with Crippen LogP contribution in [0.4, 0.5) is 0 Å². The number of ether oxygens (including phenoxy) is 1. The molecule has 1 aliphatic rings. The number of carbonyl (C=O) groups is 2. The molecule has 0 saturated heterocycles. The van der Waals surface area contributed by atoms with Gasteiger partial charge in [-0.25, -0.2) is 10.9 Å². The van der Waals surface area contributed by atoms with Gasteiger partial charge >= 0.3 is 0 Å². The highest BCUT2D eigenvalue weighted by Gasteiger charge is 2.28. The van der Waals surface area contributed by atoms with Crippen LogP contribution in [0.3, 0.4) is 0 Å². The summed E-state index contributed by atoms with van der Waals surface area (Å²) in [6.45, 7) is 3.92. The quantitative estimate of drug-likeness (QED) is 0.531. The van der Waals surface area contributed by atoms with Crippen LogP contribution in [0.1, 0.15) is 25.8 Å². The van der Waals surface area contributed by atoms with Crippen molar-refractivity contribution in [3.05, 3.63) is 23.8 Å². The Bertz CT molecular complexity index is 669. The average molecular weight is 318 g/mol. The Kier molecular flexibility index (Phi) is 5.29. The molecule has 1 aliphatic heterocycles. The van der Waals surface area contributed by atoms with Crippen LogP contribution in [0.5, 0.6) is 11.5 Å². The smallest absolute Gasteiger partial charge is 0.249 e. The molecule has 0 saturated carbocycles. The maximum Gasteiger partial charge on any atom is 0.249 e. The Labute approximate surface area is 133 Å². The molecule has 1 aromatic rings. The fraction of sp³-hybridized carbons (Fsp3) is 0.333. The minimum Gasteiger partial charge on any atom is -0.504 e. The molecular formula is C15H18N4O4. The third-order valence-electron chi connectivity index (χ3n) is 3.24. The third kappa shape index (κ3) is 4.29. The van der Waals surface area contributed by atoms with Gasteiger partial charge in [-0.15, -0.1) is 0 Å². The molecule has 0 bridgehead atoms. The van der Waals surface area contributed by atoms with Crippen LogP contribution >= 0.6 is 0 Å². The Morgan fingerprint density at radius 2 is 2.35 bits per heavy atom. The van der Waals surface area contributed by atoms with E-state index in [0.717, 1.165) is 0 Å². The number of phenolic OH excluding ortho intramolecular Hbond substituents is 1. The monoisotopic (exact) mass is 318 g/mol. The first-order valence-electron chi connectivity index (χ1n) is 7.13. The summed E-state index contributed by atoms with van der Waals surface area (Å²) in [4.78, 5) is 23.2. The van der Waals surface area contributed by atoms with Crippen LogP contribution in [0.25, 0.3) is 0 Å². The minimum atomic E-state index is -0.552. The molecule has 3 N–H and O–H groups in total. The fourth-order valence-electron chi connectivity index (χ4n) is 2.02. The second-order valence-corrected chi connectivity index (χ2v) is 4.94. The zero-order chi connectivity index (χ0) is 16.8. The molecule has 0 spiro atoms. The Balaban J connectivity index is 1.91. The maximum absolute atomic E-state index is 11.8. The van der Waals surface area contributed by atoms with Crippen molar-refractivity contribution in [2.24, 2.45) is 16.1 Å². The first kappa shape index (κ1) is 16.5. The van der Waals surface area contributed by atoms with E-state index >= 15 is 0 Å². The summed E-state index contributed by atoms with van der Waals surface area (Å²) in [6, 6.07) is 4.72. The number of hydrogen-bond acceptors (Lipinski definition) is 6. The number of amides is 2. The Morgan fingerprint density at radius 1 is 1.57 bits per heavy atom. The molecule has 23 heavy (non-hydrogen) atoms. The van der Waals surface area contributed by atoms with Crippen LogP contribution in [0.2, 0.25) is 0 Å². The fourth-order valence-corrected chi connectivity index (χ4v) is 2.02. The molecule has 2 amide bonds. The van der Waals surface area contributed by atoms with Crippen molar-refractivity contribution in [2.45, 2.75) is 20.3 Å². The van der Waals surface area contributed by atoms with Gasteiger partial charge in [0, 0.05) is 12.1 Å². The molecule has 8 heteroatoms. The van der Waals surface area contributed by atoms with E-state index < -0.39 is 5.92 Å².